The molecule has 0 aromatic heterocycles. The van der Waals surface area contributed by atoms with Crippen LogP contribution in [0.2, 0.25) is 10.0 Å². The van der Waals surface area contributed by atoms with E-state index in [1.165, 1.54) is 38.2 Å². The van der Waals surface area contributed by atoms with Crippen molar-refractivity contribution >= 4 is 41.0 Å². The van der Waals surface area contributed by atoms with Crippen molar-refractivity contribution in [2.24, 2.45) is 11.5 Å². The van der Waals surface area contributed by atoms with Gasteiger partial charge in [-0.15, -0.1) is 0 Å². The molecule has 2 aliphatic carbocycles. The van der Waals surface area contributed by atoms with Crippen LogP contribution in [0.25, 0.3) is 0 Å². The second kappa shape index (κ2) is 14.7. The number of primary amides is 2. The fourth-order valence-electron chi connectivity index (χ4n) is 4.32. The zero-order valence-corrected chi connectivity index (χ0v) is 22.3. The molecule has 36 heavy (non-hydrogen) atoms. The first-order valence-corrected chi connectivity index (χ1v) is 12.9. The van der Waals surface area contributed by atoms with Gasteiger partial charge >= 0.3 is 5.97 Å². The molecule has 0 radical (unpaired) electrons. The summed E-state index contributed by atoms with van der Waals surface area (Å²) in [7, 11) is 0. The number of nitrogens with two attached hydrogens (primary N) is 2. The highest BCUT2D eigenvalue weighted by atomic mass is 35.5. The minimum Gasteiger partial charge on any atom is -0.466 e. The fourth-order valence-corrected chi connectivity index (χ4v) is 4.74. The first kappa shape index (κ1) is 29.4. The van der Waals surface area contributed by atoms with E-state index in [0.717, 1.165) is 18.4 Å². The highest BCUT2D eigenvalue weighted by Crippen LogP contribution is 2.35. The van der Waals surface area contributed by atoms with Crippen molar-refractivity contribution in [2.45, 2.75) is 64.2 Å². The predicted octanol–water partition coefficient (Wildman–Crippen LogP) is 6.54. The van der Waals surface area contributed by atoms with E-state index in [1.807, 2.05) is 18.2 Å². The van der Waals surface area contributed by atoms with Crippen LogP contribution in [0.3, 0.4) is 0 Å². The number of rotatable bonds is 5. The van der Waals surface area contributed by atoms with E-state index < -0.39 is 11.8 Å². The average Bonchev–Trinajstić information content (AvgIpc) is 3.55. The number of ether oxygens (including phenoxy) is 1. The molecular formula is C28H34Cl2N2O4. The molecule has 2 aliphatic rings. The number of allylic oxidation sites excluding steroid dienone is 2. The second-order valence-corrected chi connectivity index (χ2v) is 9.54. The molecule has 0 aliphatic heterocycles. The number of hydrogen-bond acceptors (Lipinski definition) is 4. The lowest BCUT2D eigenvalue weighted by Gasteiger charge is -2.11. The van der Waals surface area contributed by atoms with E-state index in [9.17, 15) is 14.4 Å². The second-order valence-electron chi connectivity index (χ2n) is 8.73. The van der Waals surface area contributed by atoms with Crippen molar-refractivity contribution < 1.29 is 19.1 Å². The minimum absolute atomic E-state index is 0.211. The molecule has 0 heterocycles. The fraction of sp³-hybridized carbons (Fsp3) is 0.393. The van der Waals surface area contributed by atoms with Gasteiger partial charge in [0.25, 0.3) is 0 Å². The van der Waals surface area contributed by atoms with E-state index in [4.69, 9.17) is 34.7 Å². The molecule has 1 fully saturated rings. The molecule has 1 unspecified atom stereocenters. The summed E-state index contributed by atoms with van der Waals surface area (Å²) in [5.74, 6) is -0.137. The molecule has 8 heteroatoms. The third kappa shape index (κ3) is 8.99. The van der Waals surface area contributed by atoms with Crippen LogP contribution in [-0.4, -0.2) is 24.4 Å². The van der Waals surface area contributed by atoms with Crippen LogP contribution in [0.1, 0.15) is 96.1 Å². The number of benzene rings is 2. The maximum absolute atomic E-state index is 11.1. The van der Waals surface area contributed by atoms with Gasteiger partial charge in [0.1, 0.15) is 0 Å². The molecule has 2 aromatic rings. The molecule has 1 atom stereocenters. The summed E-state index contributed by atoms with van der Waals surface area (Å²) in [5.41, 5.74) is 13.7. The lowest BCUT2D eigenvalue weighted by molar-refractivity contribution is -0.140. The molecule has 6 nitrogen and oxygen atoms in total. The Kier molecular flexibility index (Phi) is 12.0. The predicted molar refractivity (Wildman–Crippen MR) is 145 cm³/mol. The standard InChI is InChI=1S/C12H14ClNO.C12H12ClNO.C4H8O2/c2*13-11-6-5-9(7-10(11)12(14)15)8-3-1-2-4-8;1-3-6-4(2)5/h5-8H,1-4H2,(H2,14,15);1,3,5-8H,2,4H2,(H2,14,15);3H2,1-2H3. The van der Waals surface area contributed by atoms with Crippen LogP contribution in [-0.2, 0) is 9.53 Å². The number of amides is 2. The largest absolute Gasteiger partial charge is 0.466 e. The van der Waals surface area contributed by atoms with Crippen molar-refractivity contribution in [3.8, 4) is 0 Å². The first-order valence-electron chi connectivity index (χ1n) is 12.1. The summed E-state index contributed by atoms with van der Waals surface area (Å²) in [4.78, 5) is 32.1. The van der Waals surface area contributed by atoms with E-state index in [1.54, 1.807) is 25.1 Å². The molecule has 2 amide bonds. The van der Waals surface area contributed by atoms with Crippen LogP contribution < -0.4 is 11.5 Å². The monoisotopic (exact) mass is 532 g/mol. The van der Waals surface area contributed by atoms with E-state index >= 15 is 0 Å². The van der Waals surface area contributed by atoms with Crippen LogP contribution in [0.15, 0.2) is 48.6 Å². The molecule has 0 saturated heterocycles. The quantitative estimate of drug-likeness (QED) is 0.336. The zero-order valence-electron chi connectivity index (χ0n) is 20.8. The van der Waals surface area contributed by atoms with Gasteiger partial charge in [0, 0.05) is 12.8 Å². The summed E-state index contributed by atoms with van der Waals surface area (Å²) in [6.07, 6.45) is 11.5. The summed E-state index contributed by atoms with van der Waals surface area (Å²) in [6.45, 7) is 3.65. The Morgan fingerprint density at radius 3 is 1.83 bits per heavy atom. The van der Waals surface area contributed by atoms with Gasteiger partial charge in [-0.05, 0) is 73.9 Å². The number of halogens is 2. The molecule has 4 N–H and O–H groups in total. The van der Waals surface area contributed by atoms with Gasteiger partial charge in [-0.3, -0.25) is 14.4 Å². The molecule has 194 valence electrons. The first-order chi connectivity index (χ1) is 17.1. The summed E-state index contributed by atoms with van der Waals surface area (Å²) >= 11 is 11.8. The van der Waals surface area contributed by atoms with Crippen LogP contribution >= 0.6 is 23.2 Å². The summed E-state index contributed by atoms with van der Waals surface area (Å²) in [6, 6.07) is 11.1. The summed E-state index contributed by atoms with van der Waals surface area (Å²) in [5, 5.41) is 0.873. The third-order valence-electron chi connectivity index (χ3n) is 6.13. The topological polar surface area (TPSA) is 112 Å². The van der Waals surface area contributed by atoms with Crippen molar-refractivity contribution in [1.29, 1.82) is 0 Å². The number of carbonyl (C=O) groups excluding carboxylic acids is 3. The van der Waals surface area contributed by atoms with Crippen LogP contribution in [0, 0.1) is 0 Å². The van der Waals surface area contributed by atoms with Gasteiger partial charge in [0.15, 0.2) is 0 Å². The molecular weight excluding hydrogens is 499 g/mol. The maximum Gasteiger partial charge on any atom is 0.302 e. The smallest absolute Gasteiger partial charge is 0.302 e. The normalized spacial score (nSPS) is 16.4. The summed E-state index contributed by atoms with van der Waals surface area (Å²) < 4.78 is 4.40. The Balaban J connectivity index is 0.000000208. The Hall–Kier alpha value is -2.83. The highest BCUT2D eigenvalue weighted by Gasteiger charge is 2.19. The van der Waals surface area contributed by atoms with E-state index in [0.29, 0.717) is 39.6 Å². The third-order valence-corrected chi connectivity index (χ3v) is 6.79. The maximum atomic E-state index is 11.1. The van der Waals surface area contributed by atoms with Gasteiger partial charge in [-0.1, -0.05) is 60.3 Å². The van der Waals surface area contributed by atoms with Crippen molar-refractivity contribution in [1.82, 2.24) is 0 Å². The highest BCUT2D eigenvalue weighted by molar-refractivity contribution is 6.34. The molecule has 0 bridgehead atoms. The molecule has 1 saturated carbocycles. The van der Waals surface area contributed by atoms with E-state index in [-0.39, 0.29) is 5.97 Å². The zero-order chi connectivity index (χ0) is 26.7. The number of esters is 1. The Morgan fingerprint density at radius 1 is 0.889 bits per heavy atom. The van der Waals surface area contributed by atoms with Crippen molar-refractivity contribution in [3.63, 3.8) is 0 Å². The lowest BCUT2D eigenvalue weighted by atomic mass is 9.96. The van der Waals surface area contributed by atoms with Crippen LogP contribution in [0.5, 0.6) is 0 Å². The van der Waals surface area contributed by atoms with Gasteiger partial charge in [0.05, 0.1) is 27.8 Å². The lowest BCUT2D eigenvalue weighted by Crippen LogP contribution is -2.12. The molecule has 0 spiro atoms. The van der Waals surface area contributed by atoms with Gasteiger partial charge in [0.2, 0.25) is 11.8 Å². The Morgan fingerprint density at radius 2 is 1.42 bits per heavy atom. The van der Waals surface area contributed by atoms with Gasteiger partial charge in [-0.2, -0.15) is 0 Å². The Bertz CT molecular complexity index is 1090. The van der Waals surface area contributed by atoms with E-state index in [2.05, 4.69) is 16.9 Å². The number of carbonyl (C=O) groups is 3. The van der Waals surface area contributed by atoms with Crippen molar-refractivity contribution in [2.75, 3.05) is 6.61 Å². The van der Waals surface area contributed by atoms with Gasteiger partial charge < -0.3 is 16.2 Å². The van der Waals surface area contributed by atoms with Gasteiger partial charge in [-0.25, -0.2) is 0 Å². The minimum atomic E-state index is -0.469. The Labute approximate surface area is 223 Å². The average molecular weight is 533 g/mol. The van der Waals surface area contributed by atoms with Crippen molar-refractivity contribution in [3.05, 3.63) is 80.8 Å². The number of hydrogen-bond donors (Lipinski definition) is 2. The molecule has 2 aromatic carbocycles. The van der Waals surface area contributed by atoms with Crippen LogP contribution in [0.4, 0.5) is 0 Å². The molecule has 4 rings (SSSR count). The SMILES string of the molecule is CCOC(C)=O.NC(=O)c1cc(C2C=CCC2)ccc1Cl.NC(=O)c1cc(C2CCCC2)ccc1Cl.